The fourth-order valence-electron chi connectivity index (χ4n) is 1.51. The molecule has 0 saturated heterocycles. The van der Waals surface area contributed by atoms with Crippen molar-refractivity contribution in [1.82, 2.24) is 5.43 Å². The summed E-state index contributed by atoms with van der Waals surface area (Å²) >= 11 is 0. The minimum absolute atomic E-state index is 0.0527. The second kappa shape index (κ2) is 7.35. The van der Waals surface area contributed by atoms with E-state index in [1.807, 2.05) is 30.3 Å². The zero-order valence-corrected chi connectivity index (χ0v) is 9.91. The van der Waals surface area contributed by atoms with Crippen molar-refractivity contribution >= 4 is 0 Å². The van der Waals surface area contributed by atoms with Crippen LogP contribution in [0.4, 0.5) is 13.2 Å². The third-order valence-electron chi connectivity index (χ3n) is 2.41. The van der Waals surface area contributed by atoms with Crippen LogP contribution in [0.5, 0.6) is 0 Å². The Morgan fingerprint density at radius 1 is 1.22 bits per heavy atom. The molecule has 0 aliphatic carbocycles. The largest absolute Gasteiger partial charge is 0.390 e. The molecule has 0 aliphatic rings. The second-order valence-electron chi connectivity index (χ2n) is 3.99. The molecule has 0 heterocycles. The summed E-state index contributed by atoms with van der Waals surface area (Å²) in [5.41, 5.74) is 3.20. The Hall–Kier alpha value is -1.11. The van der Waals surface area contributed by atoms with Crippen LogP contribution in [0, 0.1) is 0 Å². The Labute approximate surface area is 104 Å². The molecule has 1 atom stereocenters. The molecule has 0 saturated carbocycles. The zero-order chi connectivity index (χ0) is 13.4. The fourth-order valence-corrected chi connectivity index (χ4v) is 1.51. The molecule has 0 radical (unpaired) electrons. The first-order chi connectivity index (χ1) is 8.51. The van der Waals surface area contributed by atoms with Gasteiger partial charge in [0.25, 0.3) is 0 Å². The average molecular weight is 262 g/mol. The third-order valence-corrected chi connectivity index (χ3v) is 2.41. The highest BCUT2D eigenvalue weighted by atomic mass is 19.4. The maximum Gasteiger partial charge on any atom is 0.390 e. The summed E-state index contributed by atoms with van der Waals surface area (Å²) in [5.74, 6) is 5.04. The van der Waals surface area contributed by atoms with E-state index in [0.29, 0.717) is 13.0 Å². The van der Waals surface area contributed by atoms with E-state index in [1.165, 1.54) is 0 Å². The molecular formula is C12H17F3N2O. The molecule has 3 N–H and O–H groups in total. The summed E-state index contributed by atoms with van der Waals surface area (Å²) in [6.07, 6.45) is -4.56. The molecule has 0 aliphatic heterocycles. The van der Waals surface area contributed by atoms with Crippen molar-refractivity contribution in [3.05, 3.63) is 35.9 Å². The molecule has 0 aromatic heterocycles. The van der Waals surface area contributed by atoms with Crippen LogP contribution in [-0.2, 0) is 11.2 Å². The van der Waals surface area contributed by atoms with Crippen LogP contribution in [0.1, 0.15) is 12.0 Å². The van der Waals surface area contributed by atoms with Crippen LogP contribution in [0.2, 0.25) is 0 Å². The van der Waals surface area contributed by atoms with Crippen molar-refractivity contribution in [3.63, 3.8) is 0 Å². The maximum absolute atomic E-state index is 12.1. The van der Waals surface area contributed by atoms with Crippen molar-refractivity contribution in [1.29, 1.82) is 0 Å². The molecule has 1 aromatic carbocycles. The quantitative estimate of drug-likeness (QED) is 0.449. The van der Waals surface area contributed by atoms with Gasteiger partial charge in [0.2, 0.25) is 0 Å². The molecule has 102 valence electrons. The first kappa shape index (κ1) is 14.9. The Kier molecular flexibility index (Phi) is 6.11. The normalized spacial score (nSPS) is 13.6. The predicted molar refractivity (Wildman–Crippen MR) is 62.7 cm³/mol. The standard InChI is InChI=1S/C12H17F3N2O/c13-12(14,15)8-11(17-16)9-18-7-6-10-4-2-1-3-5-10/h1-5,11,17H,6-9,16H2. The lowest BCUT2D eigenvalue weighted by Gasteiger charge is -2.17. The van der Waals surface area contributed by atoms with Gasteiger partial charge in [-0.15, -0.1) is 0 Å². The van der Waals surface area contributed by atoms with Gasteiger partial charge in [-0.25, -0.2) is 0 Å². The van der Waals surface area contributed by atoms with E-state index in [-0.39, 0.29) is 6.61 Å². The van der Waals surface area contributed by atoms with E-state index >= 15 is 0 Å². The summed E-state index contributed by atoms with van der Waals surface area (Å²) in [4.78, 5) is 0. The Morgan fingerprint density at radius 2 is 1.89 bits per heavy atom. The molecule has 0 fully saturated rings. The Balaban J connectivity index is 2.20. The highest BCUT2D eigenvalue weighted by molar-refractivity contribution is 5.14. The van der Waals surface area contributed by atoms with Crippen molar-refractivity contribution in [2.45, 2.75) is 25.1 Å². The lowest BCUT2D eigenvalue weighted by Crippen LogP contribution is -2.41. The van der Waals surface area contributed by atoms with E-state index < -0.39 is 18.6 Å². The molecule has 1 rings (SSSR count). The Morgan fingerprint density at radius 3 is 2.44 bits per heavy atom. The average Bonchev–Trinajstić information content (AvgIpc) is 2.33. The number of rotatable bonds is 7. The van der Waals surface area contributed by atoms with Gasteiger partial charge in [-0.1, -0.05) is 30.3 Å². The van der Waals surface area contributed by atoms with Crippen LogP contribution in [0.15, 0.2) is 30.3 Å². The van der Waals surface area contributed by atoms with Gasteiger partial charge < -0.3 is 4.74 Å². The van der Waals surface area contributed by atoms with Crippen LogP contribution in [0.3, 0.4) is 0 Å². The summed E-state index contributed by atoms with van der Waals surface area (Å²) in [6.45, 7) is 0.322. The number of halogens is 3. The van der Waals surface area contributed by atoms with Crippen molar-refractivity contribution < 1.29 is 17.9 Å². The van der Waals surface area contributed by atoms with Crippen molar-refractivity contribution in [3.8, 4) is 0 Å². The van der Waals surface area contributed by atoms with Gasteiger partial charge in [-0.3, -0.25) is 11.3 Å². The highest BCUT2D eigenvalue weighted by Gasteiger charge is 2.31. The number of hydrazine groups is 1. The molecule has 0 spiro atoms. The minimum atomic E-state index is -4.24. The number of hydrogen-bond donors (Lipinski definition) is 2. The summed E-state index contributed by atoms with van der Waals surface area (Å²) in [5, 5.41) is 0. The maximum atomic E-state index is 12.1. The number of hydrogen-bond acceptors (Lipinski definition) is 3. The molecule has 18 heavy (non-hydrogen) atoms. The topological polar surface area (TPSA) is 47.3 Å². The predicted octanol–water partition coefficient (Wildman–Crippen LogP) is 2.03. The van der Waals surface area contributed by atoms with Gasteiger partial charge in [0.1, 0.15) is 0 Å². The van der Waals surface area contributed by atoms with E-state index in [2.05, 4.69) is 5.43 Å². The highest BCUT2D eigenvalue weighted by Crippen LogP contribution is 2.21. The van der Waals surface area contributed by atoms with Crippen LogP contribution >= 0.6 is 0 Å². The van der Waals surface area contributed by atoms with E-state index in [0.717, 1.165) is 5.56 Å². The van der Waals surface area contributed by atoms with Crippen molar-refractivity contribution in [2.24, 2.45) is 5.84 Å². The lowest BCUT2D eigenvalue weighted by molar-refractivity contribution is -0.143. The van der Waals surface area contributed by atoms with Crippen LogP contribution < -0.4 is 11.3 Å². The molecule has 1 aromatic rings. The van der Waals surface area contributed by atoms with Crippen molar-refractivity contribution in [2.75, 3.05) is 13.2 Å². The number of ether oxygens (including phenoxy) is 1. The molecule has 0 amide bonds. The molecule has 1 unspecified atom stereocenters. The number of nitrogens with two attached hydrogens (primary N) is 1. The van der Waals surface area contributed by atoms with Crippen LogP contribution in [-0.4, -0.2) is 25.4 Å². The van der Waals surface area contributed by atoms with Gasteiger partial charge in [-0.05, 0) is 12.0 Å². The SMILES string of the molecule is NNC(COCCc1ccccc1)CC(F)(F)F. The molecule has 3 nitrogen and oxygen atoms in total. The molecule has 6 heteroatoms. The van der Waals surface area contributed by atoms with Gasteiger partial charge >= 0.3 is 6.18 Å². The first-order valence-corrected chi connectivity index (χ1v) is 5.66. The van der Waals surface area contributed by atoms with E-state index in [1.54, 1.807) is 0 Å². The smallest absolute Gasteiger partial charge is 0.379 e. The number of alkyl halides is 3. The summed E-state index contributed by atoms with van der Waals surface area (Å²) < 4.78 is 41.5. The molecular weight excluding hydrogens is 245 g/mol. The van der Waals surface area contributed by atoms with E-state index in [4.69, 9.17) is 10.6 Å². The fraction of sp³-hybridized carbons (Fsp3) is 0.500. The van der Waals surface area contributed by atoms with E-state index in [9.17, 15) is 13.2 Å². The minimum Gasteiger partial charge on any atom is -0.379 e. The number of benzene rings is 1. The first-order valence-electron chi connectivity index (χ1n) is 5.66. The monoisotopic (exact) mass is 262 g/mol. The van der Waals surface area contributed by atoms with Gasteiger partial charge in [0.05, 0.1) is 25.7 Å². The summed E-state index contributed by atoms with van der Waals surface area (Å²) in [7, 11) is 0. The third kappa shape index (κ3) is 6.58. The van der Waals surface area contributed by atoms with Crippen LogP contribution in [0.25, 0.3) is 0 Å². The van der Waals surface area contributed by atoms with Gasteiger partial charge in [-0.2, -0.15) is 13.2 Å². The number of nitrogens with one attached hydrogen (secondary N) is 1. The Bertz CT molecular complexity index is 330. The molecule has 0 bridgehead atoms. The second-order valence-corrected chi connectivity index (χ2v) is 3.99. The van der Waals surface area contributed by atoms with Gasteiger partial charge in [0.15, 0.2) is 0 Å². The zero-order valence-electron chi connectivity index (χ0n) is 9.91. The summed E-state index contributed by atoms with van der Waals surface area (Å²) in [6, 6.07) is 8.70. The lowest BCUT2D eigenvalue weighted by atomic mass is 10.2. The van der Waals surface area contributed by atoms with Gasteiger partial charge in [0, 0.05) is 0 Å².